The van der Waals surface area contributed by atoms with E-state index in [1.54, 1.807) is 41.9 Å². The van der Waals surface area contributed by atoms with Gasteiger partial charge in [0.25, 0.3) is 0 Å². The SMILES string of the molecule is N#Cc1ccc2[n-]c3ccc(C#N)cc3c2c1.[2H]C([2H])([2H])N([CH-]Nc1[c-]c(N2[CH-]N(C([2H])([2H])[2H])c3ccccc32)cc(-c2c(C)cc(C)cc2C)c1)c1ccccc1C.[Pt+4]. The van der Waals surface area contributed by atoms with Gasteiger partial charge < -0.3 is 25.0 Å². The molecule has 268 valence electrons. The van der Waals surface area contributed by atoms with Gasteiger partial charge in [-0.2, -0.15) is 23.9 Å². The van der Waals surface area contributed by atoms with Gasteiger partial charge in [-0.25, -0.2) is 0 Å². The Kier molecular flexibility index (Phi) is 8.98. The molecular formula is C46H39N7Pt. The number of hydrogen-bond acceptors (Lipinski definition) is 6. The molecule has 1 N–H and O–H groups in total. The van der Waals surface area contributed by atoms with Gasteiger partial charge in [-0.15, -0.1) is 46.2 Å². The molecule has 0 amide bonds. The second-order valence-corrected chi connectivity index (χ2v) is 13.0. The molecule has 1 aliphatic rings. The second kappa shape index (κ2) is 15.9. The molecule has 6 aromatic carbocycles. The molecule has 54 heavy (non-hydrogen) atoms. The maximum atomic E-state index is 8.88. The summed E-state index contributed by atoms with van der Waals surface area (Å²) in [6.45, 7) is 6.25. The van der Waals surface area contributed by atoms with E-state index in [2.05, 4.69) is 61.4 Å². The Bertz CT molecular complexity index is 2710. The molecule has 0 saturated heterocycles. The summed E-state index contributed by atoms with van der Waals surface area (Å²) >= 11 is 0. The van der Waals surface area contributed by atoms with E-state index in [1.807, 2.05) is 73.7 Å². The fraction of sp³-hybridized carbons (Fsp3) is 0.130. The molecule has 8 heteroatoms. The number of hydrogen-bond donors (Lipinski definition) is 1. The van der Waals surface area contributed by atoms with Crippen LogP contribution in [0, 0.1) is 69.8 Å². The summed E-state index contributed by atoms with van der Waals surface area (Å²) in [5.41, 5.74) is 12.0. The van der Waals surface area contributed by atoms with Crippen molar-refractivity contribution in [1.82, 2.24) is 4.98 Å². The van der Waals surface area contributed by atoms with Crippen molar-refractivity contribution in [3.8, 4) is 23.3 Å². The molecule has 0 atom stereocenters. The van der Waals surface area contributed by atoms with Crippen LogP contribution in [0.3, 0.4) is 0 Å². The summed E-state index contributed by atoms with van der Waals surface area (Å²) in [6.07, 6.45) is 0. The van der Waals surface area contributed by atoms with Gasteiger partial charge in [0.2, 0.25) is 0 Å². The van der Waals surface area contributed by atoms with Crippen LogP contribution < -0.4 is 25.0 Å². The van der Waals surface area contributed by atoms with Crippen LogP contribution in [0.5, 0.6) is 0 Å². The zero-order valence-corrected chi connectivity index (χ0v) is 32.3. The Morgan fingerprint density at radius 2 is 1.41 bits per heavy atom. The number of nitrogens with one attached hydrogen (secondary N) is 1. The third-order valence-corrected chi connectivity index (χ3v) is 9.22. The minimum absolute atomic E-state index is 0. The van der Waals surface area contributed by atoms with Gasteiger partial charge in [-0.1, -0.05) is 60.2 Å². The zero-order valence-electron chi connectivity index (χ0n) is 36.0. The minimum Gasteiger partial charge on any atom is -0.657 e. The predicted octanol–water partition coefficient (Wildman–Crippen LogP) is 10.5. The van der Waals surface area contributed by atoms with Crippen LogP contribution in [0.2, 0.25) is 0 Å². The summed E-state index contributed by atoms with van der Waals surface area (Å²) in [5, 5.41) is 22.8. The smallest absolute Gasteiger partial charge is 0.657 e. The topological polar surface area (TPSA) is 83.4 Å². The number of anilines is 5. The second-order valence-electron chi connectivity index (χ2n) is 13.0. The van der Waals surface area contributed by atoms with Crippen LogP contribution in [0.25, 0.3) is 32.9 Å². The number of aryl methyl sites for hydroxylation is 4. The van der Waals surface area contributed by atoms with Crippen molar-refractivity contribution in [2.45, 2.75) is 27.7 Å². The van der Waals surface area contributed by atoms with E-state index in [0.29, 0.717) is 39.6 Å². The number of aromatic nitrogens is 1. The Morgan fingerprint density at radius 1 is 0.778 bits per heavy atom. The molecule has 0 bridgehead atoms. The van der Waals surface area contributed by atoms with Crippen molar-refractivity contribution in [2.75, 3.05) is 34.0 Å². The number of nitriles is 2. The minimum atomic E-state index is -2.44. The first kappa shape index (κ1) is 30.4. The summed E-state index contributed by atoms with van der Waals surface area (Å²) in [7, 11) is 0. The van der Waals surface area contributed by atoms with Crippen LogP contribution >= 0.6 is 0 Å². The summed E-state index contributed by atoms with van der Waals surface area (Å²) in [5.74, 6) is 0. The maximum Gasteiger partial charge on any atom is 4.00 e. The maximum absolute atomic E-state index is 8.88. The monoisotopic (exact) mass is 890 g/mol. The Labute approximate surface area is 340 Å². The van der Waals surface area contributed by atoms with E-state index in [1.165, 1.54) is 16.5 Å². The number of para-hydroxylation sites is 3. The first-order valence-electron chi connectivity index (χ1n) is 20.0. The van der Waals surface area contributed by atoms with E-state index in [9.17, 15) is 0 Å². The molecular weight excluding hydrogens is 846 g/mol. The molecule has 1 aromatic heterocycles. The van der Waals surface area contributed by atoms with E-state index < -0.39 is 14.0 Å². The summed E-state index contributed by atoms with van der Waals surface area (Å²) in [4.78, 5) is 8.76. The molecule has 0 spiro atoms. The number of benzene rings is 6. The van der Waals surface area contributed by atoms with Crippen molar-refractivity contribution in [3.63, 3.8) is 0 Å². The van der Waals surface area contributed by atoms with Crippen molar-refractivity contribution in [2.24, 2.45) is 0 Å². The normalized spacial score (nSPS) is 13.7. The standard InChI is InChI=1S/C32H33N4.C14H6N3.Pt/c1-22-15-24(3)32(25(4)16-22)26-17-27(33-20-34(5)29-12-8-7-11-23(29)2)19-28(18-26)36-21-35(6)30-13-9-10-14-31(30)36;15-7-9-1-3-13-11(5-9)12-6-10(8-16)2-4-14(12)17-13;/h7-18,20-21,33H,1-6H3;1-6H;/q-3;-1;+4/i5D3,6D3;;. The number of fused-ring (bicyclic) bond motifs is 4. The van der Waals surface area contributed by atoms with Gasteiger partial charge >= 0.3 is 21.1 Å². The van der Waals surface area contributed by atoms with Crippen LogP contribution in [-0.4, -0.2) is 14.0 Å². The van der Waals surface area contributed by atoms with Crippen LogP contribution in [-0.2, 0) is 21.1 Å². The number of rotatable bonds is 6. The van der Waals surface area contributed by atoms with Gasteiger partial charge in [-0.3, -0.25) is 0 Å². The van der Waals surface area contributed by atoms with Gasteiger partial charge in [0.05, 0.1) is 23.3 Å². The van der Waals surface area contributed by atoms with Crippen molar-refractivity contribution >= 4 is 50.2 Å². The van der Waals surface area contributed by atoms with Crippen molar-refractivity contribution in [3.05, 3.63) is 162 Å². The molecule has 0 aliphatic carbocycles. The quantitative estimate of drug-likeness (QED) is 0.167. The molecule has 0 fully saturated rings. The van der Waals surface area contributed by atoms with Gasteiger partial charge in [0, 0.05) is 25.3 Å². The Hall–Kier alpha value is -6.01. The first-order chi connectivity index (χ1) is 28.0. The van der Waals surface area contributed by atoms with Crippen molar-refractivity contribution in [1.29, 1.82) is 10.5 Å². The average molecular weight is 891 g/mol. The van der Waals surface area contributed by atoms with Gasteiger partial charge in [0.1, 0.15) is 0 Å². The van der Waals surface area contributed by atoms with Crippen LogP contribution in [0.4, 0.5) is 28.4 Å². The van der Waals surface area contributed by atoms with E-state index in [4.69, 9.17) is 18.7 Å². The molecule has 2 heterocycles. The van der Waals surface area contributed by atoms with Crippen LogP contribution in [0.15, 0.2) is 109 Å². The average Bonchev–Trinajstić information content (AvgIpc) is 3.76. The fourth-order valence-corrected chi connectivity index (χ4v) is 6.85. The van der Waals surface area contributed by atoms with Gasteiger partial charge in [0.15, 0.2) is 0 Å². The fourth-order valence-electron chi connectivity index (χ4n) is 6.85. The van der Waals surface area contributed by atoms with E-state index in [-0.39, 0.29) is 21.1 Å². The first-order valence-corrected chi connectivity index (χ1v) is 17.0. The third kappa shape index (κ3) is 7.56. The molecule has 1 aliphatic heterocycles. The molecule has 7 aromatic rings. The molecule has 7 nitrogen and oxygen atoms in total. The zero-order chi connectivity index (χ0) is 42.2. The van der Waals surface area contributed by atoms with E-state index in [0.717, 1.165) is 55.2 Å². The van der Waals surface area contributed by atoms with Crippen molar-refractivity contribution < 1.29 is 29.3 Å². The van der Waals surface area contributed by atoms with E-state index >= 15 is 0 Å². The Morgan fingerprint density at radius 3 is 2.02 bits per heavy atom. The summed E-state index contributed by atoms with van der Waals surface area (Å²) in [6, 6.07) is 41.2. The largest absolute Gasteiger partial charge is 4.00 e. The third-order valence-electron chi connectivity index (χ3n) is 9.22. The Balaban J connectivity index is 0.000000278. The molecule has 0 radical (unpaired) electrons. The molecule has 8 rings (SSSR count). The number of nitrogens with zero attached hydrogens (tertiary/aromatic N) is 6. The van der Waals surface area contributed by atoms with Gasteiger partial charge in [-0.05, 0) is 117 Å². The molecule has 0 unspecified atom stereocenters. The predicted molar refractivity (Wildman–Crippen MR) is 218 cm³/mol. The summed E-state index contributed by atoms with van der Waals surface area (Å²) < 4.78 is 48.8. The molecule has 0 saturated carbocycles. The van der Waals surface area contributed by atoms with Crippen LogP contribution in [0.1, 0.15) is 41.6 Å².